The van der Waals surface area contributed by atoms with Crippen molar-refractivity contribution in [3.05, 3.63) is 29.8 Å². The van der Waals surface area contributed by atoms with Crippen LogP contribution in [0.3, 0.4) is 0 Å². The molecule has 1 aromatic rings. The summed E-state index contributed by atoms with van der Waals surface area (Å²) in [5, 5.41) is 2.97. The van der Waals surface area contributed by atoms with Crippen LogP contribution in [0.1, 0.15) is 25.3 Å². The minimum Gasteiger partial charge on any atom is -0.385 e. The molecule has 0 aliphatic heterocycles. The molecule has 0 unspecified atom stereocenters. The van der Waals surface area contributed by atoms with E-state index in [1.807, 2.05) is 24.3 Å². The molecule has 0 spiro atoms. The van der Waals surface area contributed by atoms with E-state index in [1.165, 1.54) is 5.56 Å². The molecular formula is C12H16F3N. The smallest absolute Gasteiger partial charge is 0.385 e. The molecule has 0 fully saturated rings. The van der Waals surface area contributed by atoms with Crippen molar-refractivity contribution < 1.29 is 13.2 Å². The molecule has 0 aromatic heterocycles. The van der Waals surface area contributed by atoms with E-state index in [0.29, 0.717) is 6.54 Å². The summed E-state index contributed by atoms with van der Waals surface area (Å²) in [6, 6.07) is 7.75. The molecule has 90 valence electrons. The molecule has 0 saturated heterocycles. The number of hydrogen-bond donors (Lipinski definition) is 1. The highest BCUT2D eigenvalue weighted by Gasteiger charge is 2.25. The van der Waals surface area contributed by atoms with E-state index >= 15 is 0 Å². The third-order valence-electron chi connectivity index (χ3n) is 2.33. The molecule has 0 amide bonds. The zero-order chi connectivity index (χ0) is 12.0. The summed E-state index contributed by atoms with van der Waals surface area (Å²) in [4.78, 5) is 0. The van der Waals surface area contributed by atoms with Gasteiger partial charge in [-0.05, 0) is 30.5 Å². The number of benzene rings is 1. The Hall–Kier alpha value is -1.19. The Morgan fingerprint density at radius 3 is 2.25 bits per heavy atom. The summed E-state index contributed by atoms with van der Waals surface area (Å²) < 4.78 is 35.6. The number of anilines is 1. The summed E-state index contributed by atoms with van der Waals surface area (Å²) in [6.07, 6.45) is -3.70. The van der Waals surface area contributed by atoms with Crippen LogP contribution in [0.4, 0.5) is 18.9 Å². The van der Waals surface area contributed by atoms with Crippen LogP contribution in [0, 0.1) is 0 Å². The van der Waals surface area contributed by atoms with Crippen LogP contribution in [0.5, 0.6) is 0 Å². The predicted molar refractivity (Wildman–Crippen MR) is 59.6 cm³/mol. The number of alkyl halides is 3. The van der Waals surface area contributed by atoms with Gasteiger partial charge in [0.05, 0.1) is 0 Å². The average Bonchev–Trinajstić information content (AvgIpc) is 2.24. The van der Waals surface area contributed by atoms with Gasteiger partial charge in [-0.3, -0.25) is 0 Å². The zero-order valence-corrected chi connectivity index (χ0v) is 9.27. The summed E-state index contributed by atoms with van der Waals surface area (Å²) in [6.45, 7) is 2.41. The van der Waals surface area contributed by atoms with Gasteiger partial charge in [-0.25, -0.2) is 0 Å². The second kappa shape index (κ2) is 5.77. The highest BCUT2D eigenvalue weighted by atomic mass is 19.4. The van der Waals surface area contributed by atoms with Gasteiger partial charge >= 0.3 is 6.18 Å². The Bertz CT molecular complexity index is 303. The molecule has 16 heavy (non-hydrogen) atoms. The minimum atomic E-state index is -4.05. The highest BCUT2D eigenvalue weighted by molar-refractivity contribution is 5.44. The van der Waals surface area contributed by atoms with E-state index in [0.717, 1.165) is 12.1 Å². The van der Waals surface area contributed by atoms with E-state index in [-0.39, 0.29) is 6.42 Å². The van der Waals surface area contributed by atoms with Crippen LogP contribution in [0.15, 0.2) is 24.3 Å². The van der Waals surface area contributed by atoms with Crippen molar-refractivity contribution in [3.63, 3.8) is 0 Å². The first kappa shape index (κ1) is 12.9. The Morgan fingerprint density at radius 2 is 1.75 bits per heavy atom. The second-order valence-electron chi connectivity index (χ2n) is 3.70. The van der Waals surface area contributed by atoms with Gasteiger partial charge in [-0.1, -0.05) is 19.1 Å². The standard InChI is InChI=1S/C12H16F3N/c1-2-10-4-6-11(7-5-10)16-9-3-8-12(13,14)15/h4-7,16H,2-3,8-9H2,1H3. The maximum absolute atomic E-state index is 11.9. The largest absolute Gasteiger partial charge is 0.389 e. The highest BCUT2D eigenvalue weighted by Crippen LogP contribution is 2.21. The van der Waals surface area contributed by atoms with Crippen molar-refractivity contribution in [2.75, 3.05) is 11.9 Å². The molecule has 0 bridgehead atoms. The lowest BCUT2D eigenvalue weighted by Crippen LogP contribution is -2.10. The fourth-order valence-electron chi connectivity index (χ4n) is 1.38. The first-order valence-electron chi connectivity index (χ1n) is 5.41. The molecule has 0 aliphatic carbocycles. The fraction of sp³-hybridized carbons (Fsp3) is 0.500. The summed E-state index contributed by atoms with van der Waals surface area (Å²) >= 11 is 0. The van der Waals surface area contributed by atoms with Crippen molar-refractivity contribution in [3.8, 4) is 0 Å². The SMILES string of the molecule is CCc1ccc(NCCCC(F)(F)F)cc1. The van der Waals surface area contributed by atoms with E-state index in [2.05, 4.69) is 12.2 Å². The van der Waals surface area contributed by atoms with Gasteiger partial charge in [-0.15, -0.1) is 0 Å². The summed E-state index contributed by atoms with van der Waals surface area (Å²) in [5.74, 6) is 0. The van der Waals surface area contributed by atoms with Gasteiger partial charge < -0.3 is 5.32 Å². The number of halogens is 3. The van der Waals surface area contributed by atoms with E-state index in [4.69, 9.17) is 0 Å². The molecule has 4 heteroatoms. The minimum absolute atomic E-state index is 0.110. The molecule has 0 saturated carbocycles. The van der Waals surface area contributed by atoms with Gasteiger partial charge in [0.25, 0.3) is 0 Å². The van der Waals surface area contributed by atoms with Gasteiger partial charge in [0.15, 0.2) is 0 Å². The van der Waals surface area contributed by atoms with Crippen molar-refractivity contribution in [2.24, 2.45) is 0 Å². The topological polar surface area (TPSA) is 12.0 Å². The van der Waals surface area contributed by atoms with Gasteiger partial charge in [0.2, 0.25) is 0 Å². The average molecular weight is 231 g/mol. The van der Waals surface area contributed by atoms with Gasteiger partial charge in [0.1, 0.15) is 0 Å². The molecule has 0 radical (unpaired) electrons. The quantitative estimate of drug-likeness (QED) is 0.755. The van der Waals surface area contributed by atoms with Crippen molar-refractivity contribution in [2.45, 2.75) is 32.4 Å². The molecule has 1 nitrogen and oxygen atoms in total. The molecule has 0 aliphatic rings. The third-order valence-corrected chi connectivity index (χ3v) is 2.33. The van der Waals surface area contributed by atoms with Crippen LogP contribution < -0.4 is 5.32 Å². The zero-order valence-electron chi connectivity index (χ0n) is 9.27. The predicted octanol–water partition coefficient (Wildman–Crippen LogP) is 4.00. The summed E-state index contributed by atoms with van der Waals surface area (Å²) in [5.41, 5.74) is 2.10. The number of rotatable bonds is 5. The lowest BCUT2D eigenvalue weighted by Gasteiger charge is -2.08. The Morgan fingerprint density at radius 1 is 1.12 bits per heavy atom. The lowest BCUT2D eigenvalue weighted by atomic mass is 10.1. The lowest BCUT2D eigenvalue weighted by molar-refractivity contribution is -0.134. The Kier molecular flexibility index (Phi) is 4.65. The molecule has 1 aromatic carbocycles. The molecule has 1 rings (SSSR count). The van der Waals surface area contributed by atoms with Crippen LogP contribution >= 0.6 is 0 Å². The normalized spacial score (nSPS) is 11.5. The Balaban J connectivity index is 2.27. The van der Waals surface area contributed by atoms with Gasteiger partial charge in [0, 0.05) is 18.7 Å². The maximum Gasteiger partial charge on any atom is 0.389 e. The third kappa shape index (κ3) is 5.05. The molecule has 1 N–H and O–H groups in total. The van der Waals surface area contributed by atoms with Crippen LogP contribution in [-0.2, 0) is 6.42 Å². The van der Waals surface area contributed by atoms with E-state index < -0.39 is 12.6 Å². The Labute approximate surface area is 93.7 Å². The van der Waals surface area contributed by atoms with Crippen LogP contribution in [-0.4, -0.2) is 12.7 Å². The number of aryl methyl sites for hydroxylation is 1. The fourth-order valence-corrected chi connectivity index (χ4v) is 1.38. The van der Waals surface area contributed by atoms with Crippen molar-refractivity contribution in [1.29, 1.82) is 0 Å². The summed E-state index contributed by atoms with van der Waals surface area (Å²) in [7, 11) is 0. The number of hydrogen-bond acceptors (Lipinski definition) is 1. The van der Waals surface area contributed by atoms with E-state index in [9.17, 15) is 13.2 Å². The maximum atomic E-state index is 11.9. The van der Waals surface area contributed by atoms with Crippen molar-refractivity contribution >= 4 is 5.69 Å². The van der Waals surface area contributed by atoms with E-state index in [1.54, 1.807) is 0 Å². The molecule has 0 heterocycles. The van der Waals surface area contributed by atoms with Crippen LogP contribution in [0.2, 0.25) is 0 Å². The molecule has 0 atom stereocenters. The molecular weight excluding hydrogens is 215 g/mol. The van der Waals surface area contributed by atoms with Crippen molar-refractivity contribution in [1.82, 2.24) is 0 Å². The first-order chi connectivity index (χ1) is 7.51. The van der Waals surface area contributed by atoms with Crippen LogP contribution in [0.25, 0.3) is 0 Å². The van der Waals surface area contributed by atoms with Gasteiger partial charge in [-0.2, -0.15) is 13.2 Å². The monoisotopic (exact) mass is 231 g/mol. The first-order valence-corrected chi connectivity index (χ1v) is 5.41. The second-order valence-corrected chi connectivity index (χ2v) is 3.70. The number of nitrogens with one attached hydrogen (secondary N) is 1.